The fourth-order valence-corrected chi connectivity index (χ4v) is 1.52. The third kappa shape index (κ3) is 4.81. The van der Waals surface area contributed by atoms with Gasteiger partial charge < -0.3 is 19.9 Å². The Morgan fingerprint density at radius 1 is 1.56 bits per heavy atom. The summed E-state index contributed by atoms with van der Waals surface area (Å²) >= 11 is 0. The molecule has 2 N–H and O–H groups in total. The van der Waals surface area contributed by atoms with E-state index in [9.17, 15) is 9.90 Å². The van der Waals surface area contributed by atoms with Gasteiger partial charge in [-0.3, -0.25) is 0 Å². The molecule has 1 fully saturated rings. The van der Waals surface area contributed by atoms with Gasteiger partial charge in [0.1, 0.15) is 11.7 Å². The van der Waals surface area contributed by atoms with E-state index in [0.29, 0.717) is 6.61 Å². The molecule has 0 spiro atoms. The minimum Gasteiger partial charge on any atom is -0.444 e. The Balaban J connectivity index is 2.25. The third-order valence-electron chi connectivity index (χ3n) is 2.25. The highest BCUT2D eigenvalue weighted by atomic mass is 16.6. The molecule has 1 aliphatic rings. The first-order chi connectivity index (χ1) is 7.38. The van der Waals surface area contributed by atoms with Crippen LogP contribution in [0.3, 0.4) is 0 Å². The molecule has 0 aromatic rings. The molecule has 2 unspecified atom stereocenters. The fraction of sp³-hybridized carbons (Fsp3) is 0.909. The number of hydrogen-bond donors (Lipinski definition) is 2. The van der Waals surface area contributed by atoms with Crippen molar-refractivity contribution in [3.8, 4) is 0 Å². The number of carbonyl (C=O) groups is 1. The van der Waals surface area contributed by atoms with E-state index in [4.69, 9.17) is 9.47 Å². The first kappa shape index (κ1) is 13.3. The average molecular weight is 231 g/mol. The number of nitrogens with one attached hydrogen (secondary N) is 1. The lowest BCUT2D eigenvalue weighted by Crippen LogP contribution is -2.44. The summed E-state index contributed by atoms with van der Waals surface area (Å²) in [6.07, 6.45) is 0.295. The molecule has 1 aliphatic heterocycles. The van der Waals surface area contributed by atoms with E-state index in [-0.39, 0.29) is 12.6 Å². The van der Waals surface area contributed by atoms with Crippen molar-refractivity contribution in [2.75, 3.05) is 13.2 Å². The molecule has 0 aromatic heterocycles. The normalized spacial score (nSPS) is 26.2. The molecular formula is C11H21NO4. The summed E-state index contributed by atoms with van der Waals surface area (Å²) in [7, 11) is 0. The van der Waals surface area contributed by atoms with E-state index >= 15 is 0 Å². The van der Waals surface area contributed by atoms with Crippen LogP contribution in [0, 0.1) is 0 Å². The number of aliphatic hydroxyl groups is 1. The lowest BCUT2D eigenvalue weighted by Gasteiger charge is -2.28. The number of hydrogen-bond acceptors (Lipinski definition) is 4. The molecule has 0 radical (unpaired) electrons. The number of aliphatic hydroxyl groups excluding tert-OH is 1. The van der Waals surface area contributed by atoms with E-state index in [0.717, 1.165) is 12.8 Å². The number of carbonyl (C=O) groups excluding carboxylic acids is 1. The molecule has 1 heterocycles. The van der Waals surface area contributed by atoms with E-state index < -0.39 is 17.8 Å². The van der Waals surface area contributed by atoms with Crippen LogP contribution in [0.2, 0.25) is 0 Å². The lowest BCUT2D eigenvalue weighted by molar-refractivity contribution is -0.0719. The molecule has 16 heavy (non-hydrogen) atoms. The highest BCUT2D eigenvalue weighted by molar-refractivity contribution is 5.67. The Labute approximate surface area is 96.1 Å². The molecule has 1 saturated heterocycles. The minimum absolute atomic E-state index is 0.288. The van der Waals surface area contributed by atoms with Gasteiger partial charge in [0, 0.05) is 13.2 Å². The standard InChI is InChI=1S/C11H21NO4/c1-11(2,3)16-10(14)12-7-9-8(13)5-4-6-15-9/h8-9,13H,4-7H2,1-3H3,(H,12,14). The van der Waals surface area contributed by atoms with Gasteiger partial charge in [-0.25, -0.2) is 4.79 Å². The van der Waals surface area contributed by atoms with Crippen LogP contribution in [0.5, 0.6) is 0 Å². The third-order valence-corrected chi connectivity index (χ3v) is 2.25. The summed E-state index contributed by atoms with van der Waals surface area (Å²) in [5.41, 5.74) is -0.504. The lowest BCUT2D eigenvalue weighted by atomic mass is 10.1. The van der Waals surface area contributed by atoms with Crippen molar-refractivity contribution in [1.29, 1.82) is 0 Å². The van der Waals surface area contributed by atoms with Crippen molar-refractivity contribution < 1.29 is 19.4 Å². The predicted octanol–water partition coefficient (Wildman–Crippen LogP) is 1.05. The average Bonchev–Trinajstić information content (AvgIpc) is 2.14. The SMILES string of the molecule is CC(C)(C)OC(=O)NCC1OCCCC1O. The Kier molecular flexibility index (Phi) is 4.56. The summed E-state index contributed by atoms with van der Waals surface area (Å²) in [4.78, 5) is 11.3. The zero-order valence-electron chi connectivity index (χ0n) is 10.2. The van der Waals surface area contributed by atoms with Gasteiger partial charge >= 0.3 is 6.09 Å². The zero-order valence-corrected chi connectivity index (χ0v) is 10.2. The van der Waals surface area contributed by atoms with E-state index in [2.05, 4.69) is 5.32 Å². The Morgan fingerprint density at radius 3 is 2.81 bits per heavy atom. The first-order valence-corrected chi connectivity index (χ1v) is 5.65. The highest BCUT2D eigenvalue weighted by Crippen LogP contribution is 2.13. The molecule has 1 rings (SSSR count). The van der Waals surface area contributed by atoms with Gasteiger partial charge in [-0.2, -0.15) is 0 Å². The molecule has 0 bridgehead atoms. The Bertz CT molecular complexity index is 237. The summed E-state index contributed by atoms with van der Waals surface area (Å²) in [6.45, 7) is 6.34. The van der Waals surface area contributed by atoms with Crippen LogP contribution in [-0.2, 0) is 9.47 Å². The second-order valence-corrected chi connectivity index (χ2v) is 5.00. The molecule has 0 saturated carbocycles. The summed E-state index contributed by atoms with van der Waals surface area (Å²) in [5.74, 6) is 0. The maximum absolute atomic E-state index is 11.3. The zero-order chi connectivity index (χ0) is 12.2. The van der Waals surface area contributed by atoms with Crippen molar-refractivity contribution in [1.82, 2.24) is 5.32 Å². The van der Waals surface area contributed by atoms with Crippen LogP contribution in [0.15, 0.2) is 0 Å². The maximum atomic E-state index is 11.3. The summed E-state index contributed by atoms with van der Waals surface area (Å²) in [5, 5.41) is 12.2. The van der Waals surface area contributed by atoms with Gasteiger partial charge in [-0.1, -0.05) is 0 Å². The fourth-order valence-electron chi connectivity index (χ4n) is 1.52. The first-order valence-electron chi connectivity index (χ1n) is 5.65. The van der Waals surface area contributed by atoms with Crippen molar-refractivity contribution >= 4 is 6.09 Å². The summed E-state index contributed by atoms with van der Waals surface area (Å²) < 4.78 is 10.4. The molecule has 1 amide bonds. The smallest absolute Gasteiger partial charge is 0.407 e. The number of ether oxygens (including phenoxy) is 2. The van der Waals surface area contributed by atoms with E-state index in [1.807, 2.05) is 0 Å². The van der Waals surface area contributed by atoms with Gasteiger partial charge in [0.2, 0.25) is 0 Å². The quantitative estimate of drug-likeness (QED) is 0.745. The van der Waals surface area contributed by atoms with Gasteiger partial charge in [-0.15, -0.1) is 0 Å². The second kappa shape index (κ2) is 5.50. The molecule has 0 aromatic carbocycles. The Hall–Kier alpha value is -0.810. The maximum Gasteiger partial charge on any atom is 0.407 e. The van der Waals surface area contributed by atoms with E-state index in [1.54, 1.807) is 20.8 Å². The van der Waals surface area contributed by atoms with Crippen LogP contribution in [0.4, 0.5) is 4.79 Å². The van der Waals surface area contributed by atoms with Crippen LogP contribution >= 0.6 is 0 Å². The number of rotatable bonds is 2. The largest absolute Gasteiger partial charge is 0.444 e. The highest BCUT2D eigenvalue weighted by Gasteiger charge is 2.25. The molecule has 5 heteroatoms. The molecular weight excluding hydrogens is 210 g/mol. The molecule has 94 valence electrons. The minimum atomic E-state index is -0.504. The van der Waals surface area contributed by atoms with Gasteiger partial charge in [0.05, 0.1) is 6.10 Å². The van der Waals surface area contributed by atoms with Crippen LogP contribution in [0.25, 0.3) is 0 Å². The molecule has 5 nitrogen and oxygen atoms in total. The van der Waals surface area contributed by atoms with Gasteiger partial charge in [0.25, 0.3) is 0 Å². The Morgan fingerprint density at radius 2 is 2.25 bits per heavy atom. The van der Waals surface area contributed by atoms with Crippen molar-refractivity contribution in [3.05, 3.63) is 0 Å². The van der Waals surface area contributed by atoms with Crippen molar-refractivity contribution in [3.63, 3.8) is 0 Å². The second-order valence-electron chi connectivity index (χ2n) is 5.00. The number of alkyl carbamates (subject to hydrolysis) is 1. The summed E-state index contributed by atoms with van der Waals surface area (Å²) in [6, 6.07) is 0. The van der Waals surface area contributed by atoms with Crippen LogP contribution in [0.1, 0.15) is 33.6 Å². The van der Waals surface area contributed by atoms with Gasteiger partial charge in [-0.05, 0) is 33.6 Å². The van der Waals surface area contributed by atoms with Gasteiger partial charge in [0.15, 0.2) is 0 Å². The number of amides is 1. The van der Waals surface area contributed by atoms with Crippen LogP contribution in [-0.4, -0.2) is 42.2 Å². The monoisotopic (exact) mass is 231 g/mol. The molecule has 2 atom stereocenters. The van der Waals surface area contributed by atoms with Crippen molar-refractivity contribution in [2.24, 2.45) is 0 Å². The van der Waals surface area contributed by atoms with E-state index in [1.165, 1.54) is 0 Å². The predicted molar refractivity (Wildman–Crippen MR) is 59.2 cm³/mol. The topological polar surface area (TPSA) is 67.8 Å². The molecule has 0 aliphatic carbocycles. The van der Waals surface area contributed by atoms with Crippen molar-refractivity contribution in [2.45, 2.75) is 51.4 Å². The van der Waals surface area contributed by atoms with Crippen LogP contribution < -0.4 is 5.32 Å².